The van der Waals surface area contributed by atoms with Crippen LogP contribution in [0, 0.1) is 0 Å². The molecule has 0 saturated carbocycles. The van der Waals surface area contributed by atoms with Gasteiger partial charge in [-0.25, -0.2) is 4.57 Å². The van der Waals surface area contributed by atoms with E-state index in [-0.39, 0.29) is 26.4 Å². The van der Waals surface area contributed by atoms with Gasteiger partial charge < -0.3 is 9.84 Å². The molecule has 1 heterocycles. The van der Waals surface area contributed by atoms with Gasteiger partial charge in [-0.3, -0.25) is 13.6 Å². The number of rotatable bonds is 6. The van der Waals surface area contributed by atoms with Crippen molar-refractivity contribution in [2.24, 2.45) is 0 Å². The molecule has 0 bridgehead atoms. The predicted molar refractivity (Wildman–Crippen MR) is 47.6 cm³/mol. The van der Waals surface area contributed by atoms with Gasteiger partial charge in [-0.2, -0.15) is 0 Å². The number of phosphoric acid groups is 1. The Balaban J connectivity index is 2.09. The molecule has 0 aliphatic carbocycles. The van der Waals surface area contributed by atoms with E-state index in [1.165, 1.54) is 6.08 Å². The normalized spacial score (nSPS) is 22.1. The Morgan fingerprint density at radius 3 is 2.71 bits per heavy atom. The molecule has 1 aliphatic heterocycles. The second-order valence-corrected chi connectivity index (χ2v) is 4.11. The highest BCUT2D eigenvalue weighted by atomic mass is 31.2. The van der Waals surface area contributed by atoms with Gasteiger partial charge in [0, 0.05) is 0 Å². The van der Waals surface area contributed by atoms with Crippen LogP contribution in [-0.2, 0) is 22.9 Å². The van der Waals surface area contributed by atoms with E-state index in [0.717, 1.165) is 0 Å². The van der Waals surface area contributed by atoms with Crippen LogP contribution in [0.15, 0.2) is 12.7 Å². The van der Waals surface area contributed by atoms with Crippen molar-refractivity contribution in [3.8, 4) is 0 Å². The molecule has 1 saturated heterocycles. The van der Waals surface area contributed by atoms with Crippen molar-refractivity contribution in [1.29, 1.82) is 0 Å². The fourth-order valence-corrected chi connectivity index (χ4v) is 1.91. The van der Waals surface area contributed by atoms with Crippen LogP contribution in [0.1, 0.15) is 0 Å². The number of aliphatic hydroxyl groups excluding tert-OH is 1. The van der Waals surface area contributed by atoms with Crippen molar-refractivity contribution >= 4 is 7.82 Å². The molecule has 0 radical (unpaired) electrons. The molecule has 7 heteroatoms. The van der Waals surface area contributed by atoms with Gasteiger partial charge in [-0.15, -0.1) is 0 Å². The maximum atomic E-state index is 11.3. The molecule has 6 nitrogen and oxygen atoms in total. The summed E-state index contributed by atoms with van der Waals surface area (Å²) in [6, 6.07) is 0. The van der Waals surface area contributed by atoms with Crippen molar-refractivity contribution in [2.45, 2.75) is 6.29 Å². The predicted octanol–water partition coefficient (Wildman–Crippen LogP) is 0.679. The SMILES string of the molecule is C=CC(O)OCCOP1(=O)OCCO1. The Bertz CT molecular complexity index is 220. The second kappa shape index (κ2) is 5.60. The van der Waals surface area contributed by atoms with E-state index in [9.17, 15) is 4.57 Å². The lowest BCUT2D eigenvalue weighted by atomic mass is 10.6. The second-order valence-electron chi connectivity index (χ2n) is 2.44. The van der Waals surface area contributed by atoms with Gasteiger partial charge in [-0.05, 0) is 6.08 Å². The third-order valence-electron chi connectivity index (χ3n) is 1.41. The van der Waals surface area contributed by atoms with Crippen molar-refractivity contribution in [1.82, 2.24) is 0 Å². The number of aliphatic hydroxyl groups is 1. The maximum absolute atomic E-state index is 11.3. The van der Waals surface area contributed by atoms with E-state index in [0.29, 0.717) is 0 Å². The quantitative estimate of drug-likeness (QED) is 0.309. The van der Waals surface area contributed by atoms with Gasteiger partial charge in [0.1, 0.15) is 0 Å². The summed E-state index contributed by atoms with van der Waals surface area (Å²) in [4.78, 5) is 0. The molecule has 0 aromatic rings. The van der Waals surface area contributed by atoms with Gasteiger partial charge in [0.05, 0.1) is 26.4 Å². The Morgan fingerprint density at radius 1 is 1.50 bits per heavy atom. The lowest BCUT2D eigenvalue weighted by Crippen LogP contribution is -2.12. The molecule has 0 spiro atoms. The molecule has 14 heavy (non-hydrogen) atoms. The molecule has 1 atom stereocenters. The standard InChI is InChI=1S/C7H13O6P/c1-2-7(8)10-3-4-11-14(9)12-5-6-13-14/h2,7-8H,1,3-6H2. The van der Waals surface area contributed by atoms with Crippen molar-refractivity contribution in [3.05, 3.63) is 12.7 Å². The molecule has 82 valence electrons. The Hall–Kier alpha value is -0.230. The van der Waals surface area contributed by atoms with Crippen molar-refractivity contribution < 1.29 is 28.0 Å². The Kier molecular flexibility index (Phi) is 4.74. The summed E-state index contributed by atoms with van der Waals surface area (Å²) in [7, 11) is -3.33. The fraction of sp³-hybridized carbons (Fsp3) is 0.714. The van der Waals surface area contributed by atoms with Gasteiger partial charge >= 0.3 is 7.82 Å². The highest BCUT2D eigenvalue weighted by Gasteiger charge is 2.31. The number of phosphoric ester groups is 1. The van der Waals surface area contributed by atoms with E-state index in [4.69, 9.17) is 23.4 Å². The Morgan fingerprint density at radius 2 is 2.14 bits per heavy atom. The molecular weight excluding hydrogens is 211 g/mol. The van der Waals surface area contributed by atoms with E-state index >= 15 is 0 Å². The maximum Gasteiger partial charge on any atom is 0.475 e. The zero-order chi connectivity index (χ0) is 10.4. The fourth-order valence-electron chi connectivity index (χ4n) is 0.796. The topological polar surface area (TPSA) is 74.2 Å². The molecule has 1 aliphatic rings. The number of hydrogen-bond acceptors (Lipinski definition) is 6. The Labute approximate surface area is 82.0 Å². The van der Waals surface area contributed by atoms with Crippen LogP contribution >= 0.6 is 7.82 Å². The lowest BCUT2D eigenvalue weighted by Gasteiger charge is -2.10. The first kappa shape index (κ1) is 11.8. The van der Waals surface area contributed by atoms with Crippen molar-refractivity contribution in [3.63, 3.8) is 0 Å². The minimum atomic E-state index is -3.33. The molecular formula is C7H13O6P. The molecule has 1 rings (SSSR count). The largest absolute Gasteiger partial charge is 0.475 e. The van der Waals surface area contributed by atoms with E-state index < -0.39 is 14.1 Å². The van der Waals surface area contributed by atoms with Crippen LogP contribution < -0.4 is 0 Å². The van der Waals surface area contributed by atoms with Gasteiger partial charge in [0.15, 0.2) is 6.29 Å². The third-order valence-corrected chi connectivity index (χ3v) is 2.90. The minimum Gasteiger partial charge on any atom is -0.365 e. The van der Waals surface area contributed by atoms with Gasteiger partial charge in [0.2, 0.25) is 0 Å². The summed E-state index contributed by atoms with van der Waals surface area (Å²) in [6.45, 7) is 3.97. The monoisotopic (exact) mass is 224 g/mol. The first-order chi connectivity index (χ1) is 6.66. The average molecular weight is 224 g/mol. The van der Waals surface area contributed by atoms with Crippen LogP contribution in [0.25, 0.3) is 0 Å². The highest BCUT2D eigenvalue weighted by Crippen LogP contribution is 2.52. The summed E-state index contributed by atoms with van der Waals surface area (Å²) >= 11 is 0. The molecule has 1 N–H and O–H groups in total. The molecule has 1 unspecified atom stereocenters. The zero-order valence-corrected chi connectivity index (χ0v) is 8.52. The highest BCUT2D eigenvalue weighted by molar-refractivity contribution is 7.48. The summed E-state index contributed by atoms with van der Waals surface area (Å²) in [6.07, 6.45) is 0.190. The smallest absolute Gasteiger partial charge is 0.365 e. The zero-order valence-electron chi connectivity index (χ0n) is 7.63. The van der Waals surface area contributed by atoms with E-state index in [1.54, 1.807) is 0 Å². The molecule has 0 aromatic heterocycles. The van der Waals surface area contributed by atoms with Crippen LogP contribution in [0.5, 0.6) is 0 Å². The van der Waals surface area contributed by atoms with Crippen LogP contribution in [0.3, 0.4) is 0 Å². The van der Waals surface area contributed by atoms with Crippen LogP contribution in [0.4, 0.5) is 0 Å². The summed E-state index contributed by atoms with van der Waals surface area (Å²) in [5, 5.41) is 8.89. The van der Waals surface area contributed by atoms with Crippen LogP contribution in [-0.4, -0.2) is 37.8 Å². The first-order valence-corrected chi connectivity index (χ1v) is 5.58. The number of ether oxygens (including phenoxy) is 1. The van der Waals surface area contributed by atoms with Crippen LogP contribution in [0.2, 0.25) is 0 Å². The summed E-state index contributed by atoms with van der Waals surface area (Å²) < 4.78 is 30.4. The van der Waals surface area contributed by atoms with E-state index in [1.807, 2.05) is 0 Å². The lowest BCUT2D eigenvalue weighted by molar-refractivity contribution is -0.0728. The minimum absolute atomic E-state index is 0.0299. The molecule has 0 amide bonds. The van der Waals surface area contributed by atoms with E-state index in [2.05, 4.69) is 6.58 Å². The van der Waals surface area contributed by atoms with Crippen molar-refractivity contribution in [2.75, 3.05) is 26.4 Å². The number of hydrogen-bond donors (Lipinski definition) is 1. The van der Waals surface area contributed by atoms with Gasteiger partial charge in [0.25, 0.3) is 0 Å². The summed E-state index contributed by atoms with van der Waals surface area (Å²) in [5.41, 5.74) is 0. The summed E-state index contributed by atoms with van der Waals surface area (Å²) in [5.74, 6) is 0. The third kappa shape index (κ3) is 3.88. The molecule has 1 fully saturated rings. The average Bonchev–Trinajstić information content (AvgIpc) is 2.60. The molecule has 0 aromatic carbocycles. The first-order valence-electron chi connectivity index (χ1n) is 4.12. The van der Waals surface area contributed by atoms with Gasteiger partial charge in [-0.1, -0.05) is 6.58 Å².